The smallest absolute Gasteiger partial charge is 0.176 e. The van der Waals surface area contributed by atoms with Gasteiger partial charge in [0, 0.05) is 11.1 Å². The van der Waals surface area contributed by atoms with E-state index in [1.54, 1.807) is 7.11 Å². The molecule has 0 spiro atoms. The molecule has 2 N–H and O–H groups in total. The Kier molecular flexibility index (Phi) is 6.49. The lowest BCUT2D eigenvalue weighted by molar-refractivity contribution is -0.686. The number of hydrogen-bond acceptors (Lipinski definition) is 3. The quantitative estimate of drug-likeness (QED) is 0.715. The van der Waals surface area contributed by atoms with Gasteiger partial charge in [-0.15, -0.1) is 0 Å². The van der Waals surface area contributed by atoms with E-state index < -0.39 is 0 Å². The number of nitriles is 1. The fourth-order valence-corrected chi connectivity index (χ4v) is 2.98. The van der Waals surface area contributed by atoms with E-state index >= 15 is 0 Å². The number of nitrogens with two attached hydrogens (primary N) is 1. The van der Waals surface area contributed by atoms with E-state index in [9.17, 15) is 0 Å². The van der Waals surface area contributed by atoms with Gasteiger partial charge in [0.15, 0.2) is 18.1 Å². The number of ether oxygens (including phenoxy) is 2. The van der Waals surface area contributed by atoms with Crippen LogP contribution in [0.15, 0.2) is 42.5 Å². The zero-order valence-corrected chi connectivity index (χ0v) is 14.5. The van der Waals surface area contributed by atoms with Crippen molar-refractivity contribution < 1.29 is 14.8 Å². The van der Waals surface area contributed by atoms with Crippen LogP contribution >= 0.6 is 22.6 Å². The van der Waals surface area contributed by atoms with Crippen LogP contribution in [0.4, 0.5) is 0 Å². The van der Waals surface area contributed by atoms with Crippen LogP contribution in [0.1, 0.15) is 11.1 Å². The van der Waals surface area contributed by atoms with Crippen molar-refractivity contribution in [1.29, 1.82) is 5.26 Å². The minimum atomic E-state index is 0.0197. The summed E-state index contributed by atoms with van der Waals surface area (Å²) in [6, 6.07) is 16.4. The lowest BCUT2D eigenvalue weighted by Gasteiger charge is -2.12. The molecular weight excluding hydrogens is 391 g/mol. The highest BCUT2D eigenvalue weighted by molar-refractivity contribution is 14.1. The SMILES string of the molecule is COc1cc(C[NH2+]Cc2ccccc2)cc(I)c1OCC#N. The number of benzene rings is 2. The molecule has 0 heterocycles. The molecule has 5 heteroatoms. The molecule has 2 aromatic carbocycles. The Bertz CT molecular complexity index is 654. The van der Waals surface area contributed by atoms with Gasteiger partial charge in [0.05, 0.1) is 10.7 Å². The first-order valence-electron chi connectivity index (χ1n) is 6.96. The van der Waals surface area contributed by atoms with Crippen LogP contribution < -0.4 is 14.8 Å². The standard InChI is InChI=1S/C17H17IN2O2/c1-21-16-10-14(9-15(18)17(16)22-8-7-19)12-20-11-13-5-3-2-4-6-13/h2-6,9-10,20H,8,11-12H2,1H3/p+1. The Labute approximate surface area is 144 Å². The van der Waals surface area contributed by atoms with Gasteiger partial charge in [-0.05, 0) is 34.7 Å². The average molecular weight is 409 g/mol. The third-order valence-corrected chi connectivity index (χ3v) is 3.97. The molecule has 0 radical (unpaired) electrons. The molecule has 0 aliphatic rings. The molecule has 0 aliphatic heterocycles. The number of quaternary nitrogens is 1. The van der Waals surface area contributed by atoms with E-state index in [-0.39, 0.29) is 6.61 Å². The van der Waals surface area contributed by atoms with Gasteiger partial charge >= 0.3 is 0 Å². The summed E-state index contributed by atoms with van der Waals surface area (Å²) in [5.41, 5.74) is 2.47. The molecule has 0 bridgehead atoms. The van der Waals surface area contributed by atoms with Crippen LogP contribution in [-0.4, -0.2) is 13.7 Å². The van der Waals surface area contributed by atoms with Crippen molar-refractivity contribution in [3.05, 3.63) is 57.2 Å². The summed E-state index contributed by atoms with van der Waals surface area (Å²) >= 11 is 2.21. The monoisotopic (exact) mass is 409 g/mol. The Morgan fingerprint density at radius 3 is 2.55 bits per heavy atom. The summed E-state index contributed by atoms with van der Waals surface area (Å²) < 4.78 is 11.8. The maximum absolute atomic E-state index is 8.64. The molecule has 0 fully saturated rings. The summed E-state index contributed by atoms with van der Waals surface area (Å²) in [5, 5.41) is 10.9. The molecule has 2 aromatic rings. The third kappa shape index (κ3) is 4.61. The summed E-state index contributed by atoms with van der Waals surface area (Å²) in [6.45, 7) is 1.82. The van der Waals surface area contributed by atoms with E-state index in [4.69, 9.17) is 14.7 Å². The van der Waals surface area contributed by atoms with Crippen molar-refractivity contribution in [3.8, 4) is 17.6 Å². The van der Waals surface area contributed by atoms with Gasteiger partial charge in [0.1, 0.15) is 19.2 Å². The van der Waals surface area contributed by atoms with Crippen LogP contribution in [0.3, 0.4) is 0 Å². The molecule has 22 heavy (non-hydrogen) atoms. The molecule has 0 unspecified atom stereocenters. The second-order valence-electron chi connectivity index (χ2n) is 4.74. The van der Waals surface area contributed by atoms with Crippen LogP contribution in [0, 0.1) is 14.9 Å². The zero-order chi connectivity index (χ0) is 15.8. The summed E-state index contributed by atoms with van der Waals surface area (Å²) in [4.78, 5) is 0. The fourth-order valence-electron chi connectivity index (χ4n) is 2.16. The second kappa shape index (κ2) is 8.61. The summed E-state index contributed by atoms with van der Waals surface area (Å²) in [5.74, 6) is 1.31. The van der Waals surface area contributed by atoms with Crippen LogP contribution in [0.2, 0.25) is 0 Å². The van der Waals surface area contributed by atoms with Gasteiger partial charge in [-0.1, -0.05) is 30.3 Å². The molecule has 4 nitrogen and oxygen atoms in total. The Morgan fingerprint density at radius 1 is 1.14 bits per heavy atom. The molecule has 0 aromatic heterocycles. The number of methoxy groups -OCH3 is 1. The maximum atomic E-state index is 8.64. The molecule has 0 aliphatic carbocycles. The number of halogens is 1. The van der Waals surface area contributed by atoms with E-state index in [0.717, 1.165) is 16.7 Å². The first-order chi connectivity index (χ1) is 10.7. The Hall–Kier alpha value is -1.78. The maximum Gasteiger partial charge on any atom is 0.176 e. The minimum Gasteiger partial charge on any atom is -0.493 e. The number of nitrogens with zero attached hydrogens (tertiary/aromatic N) is 1. The molecular formula is C17H18IN2O2+. The van der Waals surface area contributed by atoms with E-state index in [0.29, 0.717) is 11.5 Å². The zero-order valence-electron chi connectivity index (χ0n) is 12.4. The van der Waals surface area contributed by atoms with Crippen LogP contribution in [0.25, 0.3) is 0 Å². The Balaban J connectivity index is 2.02. The van der Waals surface area contributed by atoms with Gasteiger partial charge in [0.2, 0.25) is 0 Å². The molecule has 114 valence electrons. The van der Waals surface area contributed by atoms with Gasteiger partial charge in [-0.25, -0.2) is 0 Å². The van der Waals surface area contributed by atoms with E-state index in [1.165, 1.54) is 11.1 Å². The normalized spacial score (nSPS) is 10.0. The topological polar surface area (TPSA) is 58.9 Å². The highest BCUT2D eigenvalue weighted by Gasteiger charge is 2.12. The first kappa shape index (κ1) is 16.6. The molecule has 0 saturated carbocycles. The predicted octanol–water partition coefficient (Wildman–Crippen LogP) is 2.47. The van der Waals surface area contributed by atoms with Gasteiger partial charge in [0.25, 0.3) is 0 Å². The average Bonchev–Trinajstić information content (AvgIpc) is 2.54. The second-order valence-corrected chi connectivity index (χ2v) is 5.90. The van der Waals surface area contributed by atoms with Crippen molar-refractivity contribution in [1.82, 2.24) is 0 Å². The number of hydrogen-bond donors (Lipinski definition) is 1. The summed E-state index contributed by atoms with van der Waals surface area (Å²) in [7, 11) is 1.61. The Morgan fingerprint density at radius 2 is 1.86 bits per heavy atom. The third-order valence-electron chi connectivity index (χ3n) is 3.17. The van der Waals surface area contributed by atoms with Crippen molar-refractivity contribution >= 4 is 22.6 Å². The lowest BCUT2D eigenvalue weighted by atomic mass is 10.2. The van der Waals surface area contributed by atoms with Gasteiger partial charge in [-0.3, -0.25) is 0 Å². The highest BCUT2D eigenvalue weighted by atomic mass is 127. The van der Waals surface area contributed by atoms with Gasteiger partial charge < -0.3 is 14.8 Å². The van der Waals surface area contributed by atoms with Crippen LogP contribution in [-0.2, 0) is 13.1 Å². The van der Waals surface area contributed by atoms with Crippen molar-refractivity contribution in [2.75, 3.05) is 13.7 Å². The van der Waals surface area contributed by atoms with Crippen molar-refractivity contribution in [2.45, 2.75) is 13.1 Å². The molecule has 0 saturated heterocycles. The first-order valence-corrected chi connectivity index (χ1v) is 8.04. The van der Waals surface area contributed by atoms with Gasteiger partial charge in [-0.2, -0.15) is 5.26 Å². The number of rotatable bonds is 7. The van der Waals surface area contributed by atoms with E-state index in [2.05, 4.69) is 58.2 Å². The molecule has 2 rings (SSSR count). The highest BCUT2D eigenvalue weighted by Crippen LogP contribution is 2.33. The minimum absolute atomic E-state index is 0.0197. The molecule has 0 atom stereocenters. The van der Waals surface area contributed by atoms with Crippen molar-refractivity contribution in [3.63, 3.8) is 0 Å². The summed E-state index contributed by atoms with van der Waals surface area (Å²) in [6.07, 6.45) is 0. The largest absolute Gasteiger partial charge is 0.493 e. The predicted molar refractivity (Wildman–Crippen MR) is 92.6 cm³/mol. The lowest BCUT2D eigenvalue weighted by Crippen LogP contribution is -2.80. The fraction of sp³-hybridized carbons (Fsp3) is 0.235. The van der Waals surface area contributed by atoms with E-state index in [1.807, 2.05) is 18.2 Å². The van der Waals surface area contributed by atoms with Crippen molar-refractivity contribution in [2.24, 2.45) is 0 Å². The van der Waals surface area contributed by atoms with Crippen LogP contribution in [0.5, 0.6) is 11.5 Å². The molecule has 0 amide bonds.